The number of guanidine groups is 1. The first-order valence-corrected chi connectivity index (χ1v) is 7.64. The fraction of sp³-hybridized carbons (Fsp3) is 0.571. The number of nitrogens with one attached hydrogen (secondary N) is 3. The summed E-state index contributed by atoms with van der Waals surface area (Å²) in [6.07, 6.45) is 0. The molecule has 0 aliphatic rings. The van der Waals surface area contributed by atoms with Crippen molar-refractivity contribution in [1.82, 2.24) is 16.0 Å². The van der Waals surface area contributed by atoms with Crippen molar-refractivity contribution in [3.63, 3.8) is 0 Å². The number of nitrogens with zero attached hydrogens (tertiary/aromatic N) is 1. The van der Waals surface area contributed by atoms with E-state index in [1.807, 2.05) is 39.1 Å². The smallest absolute Gasteiger partial charge is 0.242 e. The van der Waals surface area contributed by atoms with Gasteiger partial charge in [0.25, 0.3) is 0 Å². The number of carbonyl (C=O) groups is 1. The molecule has 1 aromatic heterocycles. The van der Waals surface area contributed by atoms with E-state index < -0.39 is 0 Å². The first-order chi connectivity index (χ1) is 9.40. The minimum atomic E-state index is -0.227. The maximum Gasteiger partial charge on any atom is 0.242 e. The molecule has 20 heavy (non-hydrogen) atoms. The Morgan fingerprint density at radius 2 is 2.10 bits per heavy atom. The van der Waals surface area contributed by atoms with Gasteiger partial charge in [-0.15, -0.1) is 11.3 Å². The Balaban J connectivity index is 2.47. The van der Waals surface area contributed by atoms with Gasteiger partial charge in [-0.1, -0.05) is 6.07 Å². The molecular weight excluding hydrogens is 272 g/mol. The molecule has 0 aliphatic heterocycles. The third-order valence-corrected chi connectivity index (χ3v) is 3.13. The molecule has 1 amide bonds. The van der Waals surface area contributed by atoms with Crippen LogP contribution in [-0.2, 0) is 11.3 Å². The second-order valence-electron chi connectivity index (χ2n) is 5.43. The number of carbonyl (C=O) groups excluding carboxylic acids is 1. The zero-order valence-electron chi connectivity index (χ0n) is 12.6. The SMILES string of the molecule is CCNC(=NCC(=O)NC(C)(C)C)NCc1cccs1. The Labute approximate surface area is 124 Å². The van der Waals surface area contributed by atoms with Crippen LogP contribution < -0.4 is 16.0 Å². The van der Waals surface area contributed by atoms with Gasteiger partial charge in [-0.3, -0.25) is 4.79 Å². The van der Waals surface area contributed by atoms with Crippen LogP contribution in [0.25, 0.3) is 0 Å². The fourth-order valence-electron chi connectivity index (χ4n) is 1.53. The van der Waals surface area contributed by atoms with E-state index in [4.69, 9.17) is 0 Å². The highest BCUT2D eigenvalue weighted by atomic mass is 32.1. The number of aliphatic imine (C=N–C) groups is 1. The van der Waals surface area contributed by atoms with Crippen molar-refractivity contribution >= 4 is 23.2 Å². The maximum absolute atomic E-state index is 11.7. The molecule has 6 heteroatoms. The van der Waals surface area contributed by atoms with Gasteiger partial charge in [0.05, 0.1) is 6.54 Å². The van der Waals surface area contributed by atoms with Crippen molar-refractivity contribution in [2.24, 2.45) is 4.99 Å². The third-order valence-electron chi connectivity index (χ3n) is 2.25. The van der Waals surface area contributed by atoms with Crippen LogP contribution in [-0.4, -0.2) is 30.5 Å². The van der Waals surface area contributed by atoms with Crippen molar-refractivity contribution in [1.29, 1.82) is 0 Å². The van der Waals surface area contributed by atoms with Gasteiger partial charge in [0.15, 0.2) is 5.96 Å². The molecule has 1 aromatic rings. The topological polar surface area (TPSA) is 65.5 Å². The molecule has 1 rings (SSSR count). The lowest BCUT2D eigenvalue weighted by Gasteiger charge is -2.20. The fourth-order valence-corrected chi connectivity index (χ4v) is 2.18. The quantitative estimate of drug-likeness (QED) is 0.572. The molecule has 0 saturated carbocycles. The van der Waals surface area contributed by atoms with Crippen molar-refractivity contribution < 1.29 is 4.79 Å². The second-order valence-corrected chi connectivity index (χ2v) is 6.46. The summed E-state index contributed by atoms with van der Waals surface area (Å²) < 4.78 is 0. The van der Waals surface area contributed by atoms with E-state index in [2.05, 4.69) is 27.0 Å². The average molecular weight is 296 g/mol. The monoisotopic (exact) mass is 296 g/mol. The van der Waals surface area contributed by atoms with Crippen LogP contribution in [0, 0.1) is 0 Å². The number of hydrogen-bond donors (Lipinski definition) is 3. The lowest BCUT2D eigenvalue weighted by molar-refractivity contribution is -0.121. The van der Waals surface area contributed by atoms with Crippen LogP contribution in [0.3, 0.4) is 0 Å². The first kappa shape index (κ1) is 16.5. The van der Waals surface area contributed by atoms with Crippen LogP contribution in [0.5, 0.6) is 0 Å². The van der Waals surface area contributed by atoms with E-state index in [1.54, 1.807) is 11.3 Å². The summed E-state index contributed by atoms with van der Waals surface area (Å²) in [7, 11) is 0. The minimum Gasteiger partial charge on any atom is -0.357 e. The molecule has 0 aromatic carbocycles. The third kappa shape index (κ3) is 7.13. The van der Waals surface area contributed by atoms with E-state index in [-0.39, 0.29) is 18.0 Å². The highest BCUT2D eigenvalue weighted by Gasteiger charge is 2.13. The van der Waals surface area contributed by atoms with Gasteiger partial charge in [0.1, 0.15) is 6.54 Å². The van der Waals surface area contributed by atoms with Gasteiger partial charge >= 0.3 is 0 Å². The highest BCUT2D eigenvalue weighted by Crippen LogP contribution is 2.07. The van der Waals surface area contributed by atoms with Crippen LogP contribution in [0.1, 0.15) is 32.6 Å². The Kier molecular flexibility index (Phi) is 6.51. The Morgan fingerprint density at radius 1 is 1.35 bits per heavy atom. The molecule has 0 atom stereocenters. The second kappa shape index (κ2) is 7.89. The van der Waals surface area contributed by atoms with Crippen molar-refractivity contribution in [3.8, 4) is 0 Å². The lowest BCUT2D eigenvalue weighted by Crippen LogP contribution is -2.43. The molecule has 0 radical (unpaired) electrons. The van der Waals surface area contributed by atoms with E-state index in [1.165, 1.54) is 4.88 Å². The molecule has 0 unspecified atom stereocenters. The minimum absolute atomic E-state index is 0.0779. The van der Waals surface area contributed by atoms with Crippen LogP contribution in [0.4, 0.5) is 0 Å². The van der Waals surface area contributed by atoms with Crippen molar-refractivity contribution in [3.05, 3.63) is 22.4 Å². The zero-order chi connectivity index (χ0) is 15.0. The lowest BCUT2D eigenvalue weighted by atomic mass is 10.1. The largest absolute Gasteiger partial charge is 0.357 e. The Morgan fingerprint density at radius 3 is 2.65 bits per heavy atom. The molecule has 5 nitrogen and oxygen atoms in total. The van der Waals surface area contributed by atoms with Gasteiger partial charge in [0.2, 0.25) is 5.91 Å². The summed E-state index contributed by atoms with van der Waals surface area (Å²) in [4.78, 5) is 17.2. The summed E-state index contributed by atoms with van der Waals surface area (Å²) in [5.41, 5.74) is -0.227. The summed E-state index contributed by atoms with van der Waals surface area (Å²) in [5.74, 6) is 0.579. The van der Waals surface area contributed by atoms with Gasteiger partial charge in [-0.2, -0.15) is 0 Å². The predicted molar refractivity (Wildman–Crippen MR) is 85.0 cm³/mol. The summed E-state index contributed by atoms with van der Waals surface area (Å²) in [6, 6.07) is 4.08. The van der Waals surface area contributed by atoms with E-state index >= 15 is 0 Å². The van der Waals surface area contributed by atoms with Gasteiger partial charge in [0, 0.05) is 17.0 Å². The molecule has 0 spiro atoms. The van der Waals surface area contributed by atoms with Crippen molar-refractivity contribution in [2.75, 3.05) is 13.1 Å². The maximum atomic E-state index is 11.7. The Bertz CT molecular complexity index is 435. The summed E-state index contributed by atoms with van der Waals surface area (Å²) in [6.45, 7) is 9.45. The van der Waals surface area contributed by atoms with Gasteiger partial charge in [-0.05, 0) is 39.1 Å². The van der Waals surface area contributed by atoms with E-state index in [0.717, 1.165) is 6.54 Å². The molecule has 0 aliphatic carbocycles. The van der Waals surface area contributed by atoms with Gasteiger partial charge < -0.3 is 16.0 Å². The first-order valence-electron chi connectivity index (χ1n) is 6.76. The number of thiophene rings is 1. The molecule has 3 N–H and O–H groups in total. The molecule has 0 saturated heterocycles. The molecule has 0 fully saturated rings. The molecule has 1 heterocycles. The number of rotatable bonds is 5. The summed E-state index contributed by atoms with van der Waals surface area (Å²) in [5, 5.41) is 11.3. The van der Waals surface area contributed by atoms with Gasteiger partial charge in [-0.25, -0.2) is 4.99 Å². The molecule has 112 valence electrons. The number of amides is 1. The standard InChI is InChI=1S/C14H24N4OS/c1-5-15-13(16-9-11-7-6-8-20-11)17-10-12(19)18-14(2,3)4/h6-8H,5,9-10H2,1-4H3,(H,18,19)(H2,15,16,17). The van der Waals surface area contributed by atoms with E-state index in [9.17, 15) is 4.79 Å². The summed E-state index contributed by atoms with van der Waals surface area (Å²) >= 11 is 1.69. The van der Waals surface area contributed by atoms with Crippen LogP contribution in [0.2, 0.25) is 0 Å². The highest BCUT2D eigenvalue weighted by molar-refractivity contribution is 7.09. The Hall–Kier alpha value is -1.56. The predicted octanol–water partition coefficient (Wildman–Crippen LogP) is 1.72. The number of hydrogen-bond acceptors (Lipinski definition) is 3. The molecule has 0 bridgehead atoms. The average Bonchev–Trinajstić information content (AvgIpc) is 2.83. The van der Waals surface area contributed by atoms with Crippen LogP contribution in [0.15, 0.2) is 22.5 Å². The molecular formula is C14H24N4OS. The zero-order valence-corrected chi connectivity index (χ0v) is 13.4. The normalized spacial score (nSPS) is 12.1. The van der Waals surface area contributed by atoms with E-state index in [0.29, 0.717) is 12.5 Å². The van der Waals surface area contributed by atoms with Crippen molar-refractivity contribution in [2.45, 2.75) is 39.8 Å². The van der Waals surface area contributed by atoms with Crippen LogP contribution >= 0.6 is 11.3 Å².